The molecule has 0 aliphatic carbocycles. The molecule has 1 N–H and O–H groups in total. The molecule has 1 unspecified atom stereocenters. The largest absolute Gasteiger partial charge is 0.309 e. The van der Waals surface area contributed by atoms with Crippen molar-refractivity contribution in [1.82, 2.24) is 10.2 Å². The molecule has 0 radical (unpaired) electrons. The summed E-state index contributed by atoms with van der Waals surface area (Å²) in [4.78, 5) is 26.1. The van der Waals surface area contributed by atoms with Gasteiger partial charge in [-0.2, -0.15) is 0 Å². The van der Waals surface area contributed by atoms with Crippen molar-refractivity contribution in [3.8, 4) is 0 Å². The zero-order chi connectivity index (χ0) is 20.4. The summed E-state index contributed by atoms with van der Waals surface area (Å²) in [5.74, 6) is -2.08. The van der Waals surface area contributed by atoms with Crippen LogP contribution in [0.5, 0.6) is 0 Å². The third kappa shape index (κ3) is 4.29. The summed E-state index contributed by atoms with van der Waals surface area (Å²) in [6.07, 6.45) is 0.470. The van der Waals surface area contributed by atoms with Crippen LogP contribution >= 0.6 is 11.3 Å². The maximum absolute atomic E-state index is 14.0. The van der Waals surface area contributed by atoms with Gasteiger partial charge >= 0.3 is 0 Å². The lowest BCUT2D eigenvalue weighted by molar-refractivity contribution is -0.122. The van der Waals surface area contributed by atoms with Gasteiger partial charge in [0, 0.05) is 19.4 Å². The fraction of sp³-hybridized carbons (Fsp3) is 0.200. The van der Waals surface area contributed by atoms with Gasteiger partial charge in [0.2, 0.25) is 16.9 Å². The summed E-state index contributed by atoms with van der Waals surface area (Å²) < 4.78 is 26.9. The molecule has 1 fully saturated rings. The number of carbonyl (C=O) groups excluding carboxylic acids is 2. The first kappa shape index (κ1) is 19.1. The fourth-order valence-electron chi connectivity index (χ4n) is 3.15. The van der Waals surface area contributed by atoms with E-state index in [0.717, 1.165) is 5.56 Å². The Bertz CT molecular complexity index is 1050. The van der Waals surface area contributed by atoms with Crippen LogP contribution in [0, 0.1) is 17.6 Å². The number of aromatic nitrogens is 2. The predicted octanol–water partition coefficient (Wildman–Crippen LogP) is 3.40. The van der Waals surface area contributed by atoms with Crippen molar-refractivity contribution in [3.63, 3.8) is 0 Å². The molecule has 0 saturated carbocycles. The van der Waals surface area contributed by atoms with E-state index in [4.69, 9.17) is 0 Å². The minimum absolute atomic E-state index is 0.00140. The Balaban J connectivity index is 1.39. The molecule has 148 valence electrons. The third-order valence-corrected chi connectivity index (χ3v) is 5.44. The number of para-hydroxylation sites is 1. The maximum atomic E-state index is 14.0. The molecule has 9 heteroatoms. The Morgan fingerprint density at radius 3 is 2.66 bits per heavy atom. The molecule has 1 saturated heterocycles. The van der Waals surface area contributed by atoms with E-state index in [1.165, 1.54) is 40.5 Å². The van der Waals surface area contributed by atoms with Gasteiger partial charge in [-0.3, -0.25) is 9.59 Å². The monoisotopic (exact) mass is 414 g/mol. The minimum Gasteiger partial charge on any atom is -0.309 e. The Labute approximate surface area is 169 Å². The second-order valence-electron chi connectivity index (χ2n) is 6.65. The highest BCUT2D eigenvalue weighted by Gasteiger charge is 2.36. The van der Waals surface area contributed by atoms with Crippen molar-refractivity contribution in [2.45, 2.75) is 12.8 Å². The van der Waals surface area contributed by atoms with E-state index in [9.17, 15) is 18.4 Å². The standard InChI is InChI=1S/C20H16F2N4O2S/c21-14-7-5-12(6-8-14)9-17-24-25-20(29-17)23-19(28)13-10-18(27)26(11-13)16-4-2-1-3-15(16)22/h1-8,13H,9-11H2,(H,23,25,28). The number of carbonyl (C=O) groups is 2. The number of amides is 2. The molecule has 29 heavy (non-hydrogen) atoms. The molecule has 1 atom stereocenters. The predicted molar refractivity (Wildman–Crippen MR) is 105 cm³/mol. The first-order valence-electron chi connectivity index (χ1n) is 8.92. The highest BCUT2D eigenvalue weighted by molar-refractivity contribution is 7.15. The van der Waals surface area contributed by atoms with Crippen LogP contribution in [-0.4, -0.2) is 28.6 Å². The Kier molecular flexibility index (Phi) is 5.30. The second kappa shape index (κ2) is 8.04. The van der Waals surface area contributed by atoms with Crippen molar-refractivity contribution in [2.24, 2.45) is 5.92 Å². The SMILES string of the molecule is O=C(Nc1nnc(Cc2ccc(F)cc2)s1)C1CC(=O)N(c2ccccc2F)C1. The fourth-order valence-corrected chi connectivity index (χ4v) is 3.92. The van der Waals surface area contributed by atoms with Crippen LogP contribution in [0.2, 0.25) is 0 Å². The molecule has 0 bridgehead atoms. The van der Waals surface area contributed by atoms with Gasteiger partial charge < -0.3 is 10.2 Å². The van der Waals surface area contributed by atoms with E-state index in [2.05, 4.69) is 15.5 Å². The van der Waals surface area contributed by atoms with Crippen LogP contribution in [0.1, 0.15) is 17.0 Å². The Morgan fingerprint density at radius 2 is 1.90 bits per heavy atom. The maximum Gasteiger partial charge on any atom is 0.231 e. The Morgan fingerprint density at radius 1 is 1.14 bits per heavy atom. The first-order chi connectivity index (χ1) is 14.0. The Hall–Kier alpha value is -3.20. The number of benzene rings is 2. The lowest BCUT2D eigenvalue weighted by Crippen LogP contribution is -2.28. The summed E-state index contributed by atoms with van der Waals surface area (Å²) in [5.41, 5.74) is 1.05. The van der Waals surface area contributed by atoms with E-state index in [0.29, 0.717) is 16.6 Å². The molecule has 3 aromatic rings. The topological polar surface area (TPSA) is 75.2 Å². The van der Waals surface area contributed by atoms with Crippen LogP contribution in [0.3, 0.4) is 0 Å². The number of anilines is 2. The summed E-state index contributed by atoms with van der Waals surface area (Å²) in [5, 5.41) is 11.7. The van der Waals surface area contributed by atoms with Crippen LogP contribution in [0.25, 0.3) is 0 Å². The lowest BCUT2D eigenvalue weighted by atomic mass is 10.1. The van der Waals surface area contributed by atoms with Gasteiger partial charge in [0.15, 0.2) is 0 Å². The van der Waals surface area contributed by atoms with Crippen LogP contribution < -0.4 is 10.2 Å². The van der Waals surface area contributed by atoms with Gasteiger partial charge in [0.25, 0.3) is 0 Å². The summed E-state index contributed by atoms with van der Waals surface area (Å²) in [6, 6.07) is 12.0. The molecule has 4 rings (SSSR count). The number of hydrogen-bond donors (Lipinski definition) is 1. The van der Waals surface area contributed by atoms with Crippen LogP contribution in [0.15, 0.2) is 48.5 Å². The number of halogens is 2. The molecular formula is C20H16F2N4O2S. The van der Waals surface area contributed by atoms with E-state index < -0.39 is 11.7 Å². The number of nitrogens with zero attached hydrogens (tertiary/aromatic N) is 3. The molecule has 6 nitrogen and oxygen atoms in total. The number of rotatable bonds is 5. The summed E-state index contributed by atoms with van der Waals surface area (Å²) in [7, 11) is 0. The smallest absolute Gasteiger partial charge is 0.231 e. The van der Waals surface area contributed by atoms with Gasteiger partial charge in [-0.25, -0.2) is 8.78 Å². The zero-order valence-corrected chi connectivity index (χ0v) is 16.0. The number of nitrogens with one attached hydrogen (secondary N) is 1. The number of hydrogen-bond acceptors (Lipinski definition) is 5. The van der Waals surface area contributed by atoms with Crippen molar-refractivity contribution in [1.29, 1.82) is 0 Å². The van der Waals surface area contributed by atoms with E-state index in [-0.39, 0.29) is 36.3 Å². The molecule has 1 aliphatic rings. The lowest BCUT2D eigenvalue weighted by Gasteiger charge is -2.17. The van der Waals surface area contributed by atoms with Gasteiger partial charge in [-0.1, -0.05) is 35.6 Å². The first-order valence-corrected chi connectivity index (χ1v) is 9.74. The minimum atomic E-state index is -0.605. The van der Waals surface area contributed by atoms with Gasteiger partial charge in [0.05, 0.1) is 11.6 Å². The molecule has 2 amide bonds. The zero-order valence-electron chi connectivity index (χ0n) is 15.1. The quantitative estimate of drug-likeness (QED) is 0.694. The molecular weight excluding hydrogens is 398 g/mol. The normalized spacial score (nSPS) is 16.3. The van der Waals surface area contributed by atoms with Gasteiger partial charge in [-0.15, -0.1) is 10.2 Å². The van der Waals surface area contributed by atoms with Crippen LogP contribution in [-0.2, 0) is 16.0 Å². The summed E-state index contributed by atoms with van der Waals surface area (Å²) >= 11 is 1.21. The second-order valence-corrected chi connectivity index (χ2v) is 7.71. The van der Waals surface area contributed by atoms with Crippen molar-refractivity contribution in [3.05, 3.63) is 70.7 Å². The molecule has 1 aromatic heterocycles. The van der Waals surface area contributed by atoms with Gasteiger partial charge in [-0.05, 0) is 29.8 Å². The van der Waals surface area contributed by atoms with E-state index in [1.807, 2.05) is 0 Å². The molecule has 1 aliphatic heterocycles. The van der Waals surface area contributed by atoms with Crippen molar-refractivity contribution < 1.29 is 18.4 Å². The van der Waals surface area contributed by atoms with Crippen LogP contribution in [0.4, 0.5) is 19.6 Å². The van der Waals surface area contributed by atoms with Crippen molar-refractivity contribution in [2.75, 3.05) is 16.8 Å². The average molecular weight is 414 g/mol. The highest BCUT2D eigenvalue weighted by atomic mass is 32.1. The average Bonchev–Trinajstić information content (AvgIpc) is 3.30. The molecule has 2 heterocycles. The van der Waals surface area contributed by atoms with E-state index in [1.54, 1.807) is 24.3 Å². The molecule has 0 spiro atoms. The third-order valence-electron chi connectivity index (χ3n) is 4.60. The van der Waals surface area contributed by atoms with Gasteiger partial charge in [0.1, 0.15) is 16.6 Å². The van der Waals surface area contributed by atoms with Crippen molar-refractivity contribution >= 4 is 34.0 Å². The highest BCUT2D eigenvalue weighted by Crippen LogP contribution is 2.28. The summed E-state index contributed by atoms with van der Waals surface area (Å²) in [6.45, 7) is 0.104. The molecule has 2 aromatic carbocycles. The van der Waals surface area contributed by atoms with E-state index >= 15 is 0 Å².